The molecule has 0 aliphatic carbocycles. The third-order valence-corrected chi connectivity index (χ3v) is 1.59. The van der Waals surface area contributed by atoms with Crippen LogP contribution in [0.4, 0.5) is 0 Å². The van der Waals surface area contributed by atoms with E-state index in [4.69, 9.17) is 0 Å². The first-order chi connectivity index (χ1) is 4.83. The van der Waals surface area contributed by atoms with Gasteiger partial charge >= 0.3 is 0 Å². The number of hydrogen-bond donors (Lipinski definition) is 0. The van der Waals surface area contributed by atoms with Crippen molar-refractivity contribution in [3.8, 4) is 0 Å². The predicted octanol–water partition coefficient (Wildman–Crippen LogP) is 1.75. The molecular weight excluding hydrogens is 136 g/mol. The first kappa shape index (κ1) is 10.2. The lowest BCUT2D eigenvalue weighted by atomic mass is 10.3. The molecule has 0 aliphatic rings. The smallest absolute Gasteiger partial charge is 0.240 e. The van der Waals surface area contributed by atoms with Gasteiger partial charge in [0.25, 0.3) is 0 Å². The number of hydrogen-bond acceptors (Lipinski definition) is 0. The standard InChI is InChI=1S/C8H15N2.CH4/c1-3-4-5-10-7-6-9(2)8-10;/h6-8H,3-5H2,1-2H3;1H4/q+1;. The Balaban J connectivity index is 0.000001000. The zero-order valence-corrected chi connectivity index (χ0v) is 6.75. The zero-order chi connectivity index (χ0) is 7.40. The number of imidazole rings is 1. The van der Waals surface area contributed by atoms with Crippen LogP contribution in [-0.4, -0.2) is 4.57 Å². The molecule has 0 saturated carbocycles. The molecule has 1 rings (SSSR count). The molecule has 0 atom stereocenters. The lowest BCUT2D eigenvalue weighted by molar-refractivity contribution is -0.671. The molecule has 0 radical (unpaired) electrons. The van der Waals surface area contributed by atoms with Crippen LogP contribution in [0.15, 0.2) is 18.7 Å². The van der Waals surface area contributed by atoms with E-state index >= 15 is 0 Å². The molecule has 0 bridgehead atoms. The molecule has 2 nitrogen and oxygen atoms in total. The van der Waals surface area contributed by atoms with Crippen molar-refractivity contribution in [2.24, 2.45) is 7.05 Å². The molecular formula is C9H19N2+. The maximum Gasteiger partial charge on any atom is 0.243 e. The minimum atomic E-state index is 0. The summed E-state index contributed by atoms with van der Waals surface area (Å²) in [6.45, 7) is 3.36. The summed E-state index contributed by atoms with van der Waals surface area (Å²) in [5, 5.41) is 0. The molecule has 1 aromatic rings. The Morgan fingerprint density at radius 1 is 1.45 bits per heavy atom. The molecule has 0 unspecified atom stereocenters. The minimum Gasteiger partial charge on any atom is -0.240 e. The maximum absolute atomic E-state index is 2.21. The normalized spacial score (nSPS) is 9.27. The molecule has 0 aromatic carbocycles. The van der Waals surface area contributed by atoms with Crippen molar-refractivity contribution in [1.82, 2.24) is 4.57 Å². The number of unbranched alkanes of at least 4 members (excludes halogenated alkanes) is 1. The SMILES string of the molecule is C.CCCCn1cc[n+](C)c1. The fourth-order valence-electron chi connectivity index (χ4n) is 0.975. The average Bonchev–Trinajstić information content (AvgIpc) is 2.31. The predicted molar refractivity (Wildman–Crippen MR) is 47.2 cm³/mol. The van der Waals surface area contributed by atoms with Crippen LogP contribution in [0.3, 0.4) is 0 Å². The largest absolute Gasteiger partial charge is 0.243 e. The Bertz CT molecular complexity index is 191. The highest BCUT2D eigenvalue weighted by Gasteiger charge is 1.96. The molecule has 0 N–H and O–H groups in total. The van der Waals surface area contributed by atoms with Gasteiger partial charge in [0.05, 0.1) is 13.6 Å². The van der Waals surface area contributed by atoms with E-state index < -0.39 is 0 Å². The van der Waals surface area contributed by atoms with Crippen LogP contribution in [0.1, 0.15) is 27.2 Å². The van der Waals surface area contributed by atoms with E-state index in [0.29, 0.717) is 0 Å². The first-order valence-electron chi connectivity index (χ1n) is 3.84. The Kier molecular flexibility index (Phi) is 4.59. The molecule has 2 heteroatoms. The van der Waals surface area contributed by atoms with Gasteiger partial charge in [0.1, 0.15) is 12.4 Å². The number of aryl methyl sites for hydroxylation is 2. The number of nitrogens with zero attached hydrogens (tertiary/aromatic N) is 2. The van der Waals surface area contributed by atoms with Crippen LogP contribution in [0, 0.1) is 0 Å². The van der Waals surface area contributed by atoms with Gasteiger partial charge in [-0.1, -0.05) is 20.8 Å². The Hall–Kier alpha value is -0.790. The summed E-state index contributed by atoms with van der Waals surface area (Å²) in [5.74, 6) is 0. The van der Waals surface area contributed by atoms with Crippen molar-refractivity contribution in [2.75, 3.05) is 0 Å². The fraction of sp³-hybridized carbons (Fsp3) is 0.667. The van der Waals surface area contributed by atoms with Crippen molar-refractivity contribution >= 4 is 0 Å². The van der Waals surface area contributed by atoms with Crippen molar-refractivity contribution in [2.45, 2.75) is 33.7 Å². The van der Waals surface area contributed by atoms with E-state index in [1.54, 1.807) is 0 Å². The summed E-state index contributed by atoms with van der Waals surface area (Å²) in [7, 11) is 2.04. The lowest BCUT2D eigenvalue weighted by Gasteiger charge is -1.90. The van der Waals surface area contributed by atoms with Gasteiger partial charge in [0, 0.05) is 0 Å². The van der Waals surface area contributed by atoms with E-state index in [1.807, 2.05) is 7.05 Å². The van der Waals surface area contributed by atoms with Crippen molar-refractivity contribution in [3.05, 3.63) is 18.7 Å². The van der Waals surface area contributed by atoms with Gasteiger partial charge in [-0.3, -0.25) is 0 Å². The molecule has 11 heavy (non-hydrogen) atoms. The second-order valence-corrected chi connectivity index (χ2v) is 2.67. The maximum atomic E-state index is 2.21. The van der Waals surface area contributed by atoms with Crippen LogP contribution in [0.25, 0.3) is 0 Å². The Morgan fingerprint density at radius 3 is 2.64 bits per heavy atom. The van der Waals surface area contributed by atoms with Gasteiger partial charge in [-0.05, 0) is 6.42 Å². The van der Waals surface area contributed by atoms with Crippen molar-refractivity contribution in [3.63, 3.8) is 0 Å². The molecule has 0 fully saturated rings. The second kappa shape index (κ2) is 4.94. The third kappa shape index (κ3) is 3.21. The van der Waals surface area contributed by atoms with Crippen molar-refractivity contribution in [1.29, 1.82) is 0 Å². The Morgan fingerprint density at radius 2 is 2.18 bits per heavy atom. The van der Waals surface area contributed by atoms with Gasteiger partial charge in [-0.25, -0.2) is 9.13 Å². The summed E-state index contributed by atoms with van der Waals surface area (Å²) in [6.07, 6.45) is 8.82. The highest BCUT2D eigenvalue weighted by molar-refractivity contribution is 4.65. The van der Waals surface area contributed by atoms with Gasteiger partial charge in [0.2, 0.25) is 6.33 Å². The highest BCUT2D eigenvalue weighted by Crippen LogP contribution is 1.91. The fourth-order valence-corrected chi connectivity index (χ4v) is 0.975. The number of aromatic nitrogens is 2. The van der Waals surface area contributed by atoms with E-state index in [-0.39, 0.29) is 7.43 Å². The quantitative estimate of drug-likeness (QED) is 0.588. The van der Waals surface area contributed by atoms with Crippen LogP contribution in [0.2, 0.25) is 0 Å². The van der Waals surface area contributed by atoms with Crippen LogP contribution in [0.5, 0.6) is 0 Å². The molecule has 1 aromatic heterocycles. The third-order valence-electron chi connectivity index (χ3n) is 1.59. The van der Waals surface area contributed by atoms with Gasteiger partial charge in [-0.15, -0.1) is 0 Å². The van der Waals surface area contributed by atoms with Gasteiger partial charge in [0.15, 0.2) is 0 Å². The minimum absolute atomic E-state index is 0. The van der Waals surface area contributed by atoms with E-state index in [9.17, 15) is 0 Å². The molecule has 1 heterocycles. The van der Waals surface area contributed by atoms with Crippen LogP contribution in [-0.2, 0) is 13.6 Å². The summed E-state index contributed by atoms with van der Waals surface area (Å²) in [4.78, 5) is 0. The molecule has 0 saturated heterocycles. The summed E-state index contributed by atoms with van der Waals surface area (Å²) >= 11 is 0. The average molecular weight is 155 g/mol. The van der Waals surface area contributed by atoms with Crippen molar-refractivity contribution < 1.29 is 4.57 Å². The lowest BCUT2D eigenvalue weighted by Crippen LogP contribution is -2.23. The van der Waals surface area contributed by atoms with E-state index in [2.05, 4.69) is 34.8 Å². The molecule has 64 valence electrons. The first-order valence-corrected chi connectivity index (χ1v) is 3.84. The summed E-state index contributed by atoms with van der Waals surface area (Å²) < 4.78 is 4.28. The summed E-state index contributed by atoms with van der Waals surface area (Å²) in [5.41, 5.74) is 0. The molecule has 0 amide bonds. The van der Waals surface area contributed by atoms with Gasteiger partial charge in [-0.2, -0.15) is 0 Å². The molecule has 0 aliphatic heterocycles. The topological polar surface area (TPSA) is 8.81 Å². The van der Waals surface area contributed by atoms with Crippen LogP contribution < -0.4 is 4.57 Å². The number of rotatable bonds is 3. The summed E-state index contributed by atoms with van der Waals surface area (Å²) in [6, 6.07) is 0. The molecule has 0 spiro atoms. The van der Waals surface area contributed by atoms with E-state index in [1.165, 1.54) is 12.8 Å². The monoisotopic (exact) mass is 155 g/mol. The van der Waals surface area contributed by atoms with E-state index in [0.717, 1.165) is 6.54 Å². The Labute approximate surface area is 69.5 Å². The second-order valence-electron chi connectivity index (χ2n) is 2.67. The zero-order valence-electron chi connectivity index (χ0n) is 6.75. The van der Waals surface area contributed by atoms with Gasteiger partial charge < -0.3 is 0 Å². The van der Waals surface area contributed by atoms with Crippen LogP contribution >= 0.6 is 0 Å². The highest BCUT2D eigenvalue weighted by atomic mass is 15.1.